The van der Waals surface area contributed by atoms with E-state index < -0.39 is 42.8 Å². The molecule has 0 bridgehead atoms. The molecule has 0 aliphatic heterocycles. The number of carbonyl (C=O) groups is 2. The SMILES string of the molecule is Cl.NCC(F)(F)CNC(=O)CNC(=O)c1c[nH]c2ccccc2c1=O. The van der Waals surface area contributed by atoms with Crippen LogP contribution in [0.15, 0.2) is 35.3 Å². The van der Waals surface area contributed by atoms with Gasteiger partial charge in [0.2, 0.25) is 11.3 Å². The van der Waals surface area contributed by atoms with E-state index in [0.717, 1.165) is 0 Å². The molecule has 0 atom stereocenters. The van der Waals surface area contributed by atoms with E-state index >= 15 is 0 Å². The molecule has 0 unspecified atom stereocenters. The Morgan fingerprint density at radius 2 is 1.88 bits per heavy atom. The highest BCUT2D eigenvalue weighted by Crippen LogP contribution is 2.08. The van der Waals surface area contributed by atoms with E-state index in [0.29, 0.717) is 10.9 Å². The first-order valence-corrected chi connectivity index (χ1v) is 7.07. The van der Waals surface area contributed by atoms with Crippen molar-refractivity contribution in [3.63, 3.8) is 0 Å². The lowest BCUT2D eigenvalue weighted by molar-refractivity contribution is -0.121. The van der Waals surface area contributed by atoms with Gasteiger partial charge >= 0.3 is 0 Å². The second kappa shape index (κ2) is 8.54. The smallest absolute Gasteiger partial charge is 0.277 e. The maximum absolute atomic E-state index is 12.9. The van der Waals surface area contributed by atoms with Gasteiger partial charge in [-0.1, -0.05) is 12.1 Å². The van der Waals surface area contributed by atoms with Crippen LogP contribution in [0.25, 0.3) is 10.9 Å². The predicted molar refractivity (Wildman–Crippen MR) is 91.2 cm³/mol. The van der Waals surface area contributed by atoms with Crippen molar-refractivity contribution >= 4 is 35.1 Å². The number of carbonyl (C=O) groups excluding carboxylic acids is 2. The van der Waals surface area contributed by atoms with Crippen LogP contribution in [-0.2, 0) is 4.79 Å². The number of nitrogens with one attached hydrogen (secondary N) is 3. The molecule has 0 aliphatic carbocycles. The maximum Gasteiger partial charge on any atom is 0.277 e. The van der Waals surface area contributed by atoms with Gasteiger partial charge in [-0.2, -0.15) is 0 Å². The Bertz CT molecular complexity index is 826. The standard InChI is InChI=1S/C15H16F2N4O3.ClH/c16-15(17,7-18)8-21-12(22)6-20-14(24)10-5-19-11-4-2-1-3-9(11)13(10)23;/h1-5H,6-8,18H2,(H,19,23)(H,20,24)(H,21,22);1H. The molecule has 5 N–H and O–H groups in total. The first-order chi connectivity index (χ1) is 11.3. The summed E-state index contributed by atoms with van der Waals surface area (Å²) in [4.78, 5) is 38.5. The molecule has 2 rings (SSSR count). The Morgan fingerprint density at radius 3 is 2.56 bits per heavy atom. The topological polar surface area (TPSA) is 117 Å². The summed E-state index contributed by atoms with van der Waals surface area (Å²) in [6.45, 7) is -2.35. The Balaban J connectivity index is 0.00000312. The third-order valence-corrected chi connectivity index (χ3v) is 3.29. The number of aromatic amines is 1. The first kappa shape index (κ1) is 20.5. The molecule has 0 spiro atoms. The minimum Gasteiger partial charge on any atom is -0.360 e. The van der Waals surface area contributed by atoms with Gasteiger partial charge in [-0.05, 0) is 12.1 Å². The minimum atomic E-state index is -3.21. The first-order valence-electron chi connectivity index (χ1n) is 7.07. The summed E-state index contributed by atoms with van der Waals surface area (Å²) in [6, 6.07) is 6.64. The summed E-state index contributed by atoms with van der Waals surface area (Å²) in [7, 11) is 0. The number of hydrogen-bond donors (Lipinski definition) is 4. The van der Waals surface area contributed by atoms with Crippen molar-refractivity contribution in [3.05, 3.63) is 46.2 Å². The number of halogens is 3. The average molecular weight is 375 g/mol. The van der Waals surface area contributed by atoms with E-state index in [4.69, 9.17) is 5.73 Å². The molecule has 2 aromatic rings. The van der Waals surface area contributed by atoms with Crippen molar-refractivity contribution in [2.45, 2.75) is 5.92 Å². The van der Waals surface area contributed by atoms with Crippen molar-refractivity contribution in [2.24, 2.45) is 5.73 Å². The zero-order valence-corrected chi connectivity index (χ0v) is 13.8. The van der Waals surface area contributed by atoms with Crippen molar-refractivity contribution in [3.8, 4) is 0 Å². The maximum atomic E-state index is 12.9. The van der Waals surface area contributed by atoms with Crippen molar-refractivity contribution in [1.29, 1.82) is 0 Å². The Labute approximate surface area is 147 Å². The van der Waals surface area contributed by atoms with E-state index in [2.05, 4.69) is 10.3 Å². The number of rotatable bonds is 6. The fourth-order valence-corrected chi connectivity index (χ4v) is 1.95. The van der Waals surface area contributed by atoms with Crippen LogP contribution in [-0.4, -0.2) is 42.4 Å². The fourth-order valence-electron chi connectivity index (χ4n) is 1.95. The van der Waals surface area contributed by atoms with Crippen molar-refractivity contribution in [2.75, 3.05) is 19.6 Å². The Kier molecular flexibility index (Phi) is 7.01. The Morgan fingerprint density at radius 1 is 1.20 bits per heavy atom. The largest absolute Gasteiger partial charge is 0.360 e. The molecule has 7 nitrogen and oxygen atoms in total. The average Bonchev–Trinajstić information content (AvgIpc) is 2.58. The zero-order chi connectivity index (χ0) is 17.7. The van der Waals surface area contributed by atoms with E-state index in [-0.39, 0.29) is 18.0 Å². The molecule has 1 heterocycles. The Hall–Kier alpha value is -2.52. The van der Waals surface area contributed by atoms with Gasteiger partial charge in [0.05, 0.1) is 19.6 Å². The monoisotopic (exact) mass is 374 g/mol. The summed E-state index contributed by atoms with van der Waals surface area (Å²) in [6.07, 6.45) is 1.24. The molecule has 0 saturated heterocycles. The molecule has 136 valence electrons. The number of nitrogens with two attached hydrogens (primary N) is 1. The van der Waals surface area contributed by atoms with Crippen LogP contribution in [0.1, 0.15) is 10.4 Å². The summed E-state index contributed by atoms with van der Waals surface area (Å²) >= 11 is 0. The lowest BCUT2D eigenvalue weighted by atomic mass is 10.1. The van der Waals surface area contributed by atoms with Gasteiger partial charge < -0.3 is 21.4 Å². The van der Waals surface area contributed by atoms with E-state index in [9.17, 15) is 23.2 Å². The number of fused-ring (bicyclic) bond motifs is 1. The van der Waals surface area contributed by atoms with E-state index in [1.807, 2.05) is 5.32 Å². The minimum absolute atomic E-state index is 0. The fraction of sp³-hybridized carbons (Fsp3) is 0.267. The van der Waals surface area contributed by atoms with Crippen LogP contribution in [0, 0.1) is 0 Å². The van der Waals surface area contributed by atoms with Crippen LogP contribution in [0.4, 0.5) is 8.78 Å². The third-order valence-electron chi connectivity index (χ3n) is 3.29. The summed E-state index contributed by atoms with van der Waals surface area (Å²) in [5.41, 5.74) is 4.75. The number of benzene rings is 1. The van der Waals surface area contributed by atoms with Gasteiger partial charge in [-0.3, -0.25) is 14.4 Å². The lowest BCUT2D eigenvalue weighted by Gasteiger charge is -2.14. The second-order valence-electron chi connectivity index (χ2n) is 5.10. The highest BCUT2D eigenvalue weighted by molar-refractivity contribution is 5.98. The van der Waals surface area contributed by atoms with Gasteiger partial charge in [0.25, 0.3) is 11.8 Å². The van der Waals surface area contributed by atoms with Crippen LogP contribution in [0.3, 0.4) is 0 Å². The normalized spacial score (nSPS) is 10.8. The quantitative estimate of drug-likeness (QED) is 0.585. The summed E-state index contributed by atoms with van der Waals surface area (Å²) < 4.78 is 25.8. The summed E-state index contributed by atoms with van der Waals surface area (Å²) in [5, 5.41) is 4.50. The highest BCUT2D eigenvalue weighted by Gasteiger charge is 2.27. The van der Waals surface area contributed by atoms with Crippen LogP contribution in [0.2, 0.25) is 0 Å². The molecule has 1 aromatic carbocycles. The molecule has 2 amide bonds. The number of amides is 2. The van der Waals surface area contributed by atoms with Gasteiger partial charge in [-0.15, -0.1) is 12.4 Å². The molecule has 0 aliphatic rings. The number of aromatic nitrogens is 1. The second-order valence-corrected chi connectivity index (χ2v) is 5.10. The van der Waals surface area contributed by atoms with Crippen LogP contribution >= 0.6 is 12.4 Å². The van der Waals surface area contributed by atoms with Crippen molar-refractivity contribution in [1.82, 2.24) is 15.6 Å². The molecule has 0 fully saturated rings. The number of hydrogen-bond acceptors (Lipinski definition) is 4. The molecule has 1 aromatic heterocycles. The van der Waals surface area contributed by atoms with E-state index in [1.54, 1.807) is 24.3 Å². The number of H-pyrrole nitrogens is 1. The van der Waals surface area contributed by atoms with E-state index in [1.165, 1.54) is 6.20 Å². The van der Waals surface area contributed by atoms with Crippen LogP contribution in [0.5, 0.6) is 0 Å². The zero-order valence-electron chi connectivity index (χ0n) is 13.0. The molecular weight excluding hydrogens is 358 g/mol. The lowest BCUT2D eigenvalue weighted by Crippen LogP contribution is -2.45. The van der Waals surface area contributed by atoms with Crippen LogP contribution < -0.4 is 21.8 Å². The van der Waals surface area contributed by atoms with Crippen molar-refractivity contribution < 1.29 is 18.4 Å². The predicted octanol–water partition coefficient (Wildman–Crippen LogP) is 0.390. The third kappa shape index (κ3) is 5.23. The number of para-hydroxylation sites is 1. The number of alkyl halides is 2. The highest BCUT2D eigenvalue weighted by atomic mass is 35.5. The van der Waals surface area contributed by atoms with Gasteiger partial charge in [0.1, 0.15) is 5.56 Å². The summed E-state index contributed by atoms with van der Waals surface area (Å²) in [5.74, 6) is -4.80. The van der Waals surface area contributed by atoms with Gasteiger partial charge in [-0.25, -0.2) is 8.78 Å². The molecule has 10 heteroatoms. The molecule has 0 radical (unpaired) electrons. The molecule has 25 heavy (non-hydrogen) atoms. The number of pyridine rings is 1. The molecule has 0 saturated carbocycles. The van der Waals surface area contributed by atoms with Gasteiger partial charge in [0, 0.05) is 17.1 Å². The molecular formula is C15H17ClF2N4O3. The van der Waals surface area contributed by atoms with Gasteiger partial charge in [0.15, 0.2) is 0 Å².